The molecule has 0 saturated carbocycles. The average molecular weight is 494 g/mol. The molecule has 9 nitrogen and oxygen atoms in total. The van der Waals surface area contributed by atoms with Gasteiger partial charge >= 0.3 is 0 Å². The molecule has 4 rings (SSSR count). The van der Waals surface area contributed by atoms with Crippen LogP contribution in [0.4, 0.5) is 0 Å². The number of aromatic nitrogens is 3. The third kappa shape index (κ3) is 5.76. The smallest absolute Gasteiger partial charge is 0.243 e. The van der Waals surface area contributed by atoms with Crippen molar-refractivity contribution in [3.63, 3.8) is 0 Å². The highest BCUT2D eigenvalue weighted by atomic mass is 32.2. The van der Waals surface area contributed by atoms with Gasteiger partial charge in [0.25, 0.3) is 0 Å². The van der Waals surface area contributed by atoms with Gasteiger partial charge in [-0.2, -0.15) is 4.31 Å². The van der Waals surface area contributed by atoms with Crippen LogP contribution in [-0.2, 0) is 26.1 Å². The van der Waals surface area contributed by atoms with Gasteiger partial charge in [0.15, 0.2) is 11.0 Å². The van der Waals surface area contributed by atoms with Crippen LogP contribution in [-0.4, -0.2) is 71.0 Å². The predicted octanol–water partition coefficient (Wildman–Crippen LogP) is 2.53. The number of hydrogen-bond acceptors (Lipinski definition) is 7. The van der Waals surface area contributed by atoms with Crippen LogP contribution < -0.4 is 5.32 Å². The van der Waals surface area contributed by atoms with Crippen LogP contribution in [0.3, 0.4) is 0 Å². The fourth-order valence-corrected chi connectivity index (χ4v) is 6.39. The van der Waals surface area contributed by atoms with Gasteiger partial charge in [0.1, 0.15) is 0 Å². The molecule has 0 spiro atoms. The third-order valence-electron chi connectivity index (χ3n) is 5.72. The standard InChI is InChI=1S/C22H31N5O4S2/c1-16(2)23-20(28)15-32-22-25-24-21(27(22)14-18-6-5-13-31-18)17-7-9-19(10-8-17)33(29,30)26-11-3-4-12-26/h7-10,16,18H,3-6,11-15H2,1-2H3,(H,23,28)/t18-/m0/s1. The Morgan fingerprint density at radius 2 is 1.91 bits per heavy atom. The van der Waals surface area contributed by atoms with E-state index in [4.69, 9.17) is 4.74 Å². The molecule has 1 N–H and O–H groups in total. The van der Waals surface area contributed by atoms with Crippen LogP contribution in [0.2, 0.25) is 0 Å². The van der Waals surface area contributed by atoms with Crippen LogP contribution in [0.1, 0.15) is 39.5 Å². The van der Waals surface area contributed by atoms with Crippen molar-refractivity contribution in [2.75, 3.05) is 25.4 Å². The number of thioether (sulfide) groups is 1. The van der Waals surface area contributed by atoms with Gasteiger partial charge in [0.2, 0.25) is 15.9 Å². The number of rotatable bonds is 9. The second-order valence-corrected chi connectivity index (χ2v) is 11.6. The fraction of sp³-hybridized carbons (Fsp3) is 0.591. The maximum absolute atomic E-state index is 12.8. The maximum atomic E-state index is 12.8. The lowest BCUT2D eigenvalue weighted by atomic mass is 10.2. The second-order valence-electron chi connectivity index (χ2n) is 8.70. The zero-order chi connectivity index (χ0) is 23.4. The van der Waals surface area contributed by atoms with E-state index in [0.717, 1.165) is 37.9 Å². The van der Waals surface area contributed by atoms with E-state index < -0.39 is 10.0 Å². The number of hydrogen-bond donors (Lipinski definition) is 1. The number of benzene rings is 1. The second kappa shape index (κ2) is 10.5. The average Bonchev–Trinajstić information content (AvgIpc) is 3.55. The van der Waals surface area contributed by atoms with Crippen molar-refractivity contribution in [1.82, 2.24) is 24.4 Å². The molecule has 1 atom stereocenters. The molecule has 2 fully saturated rings. The summed E-state index contributed by atoms with van der Waals surface area (Å²) >= 11 is 1.34. The minimum absolute atomic E-state index is 0.0558. The van der Waals surface area contributed by atoms with E-state index in [1.165, 1.54) is 11.8 Å². The van der Waals surface area contributed by atoms with Crippen LogP contribution in [0, 0.1) is 0 Å². The zero-order valence-corrected chi connectivity index (χ0v) is 20.7. The summed E-state index contributed by atoms with van der Waals surface area (Å²) < 4.78 is 35.0. The van der Waals surface area contributed by atoms with Crippen molar-refractivity contribution in [3.8, 4) is 11.4 Å². The number of ether oxygens (including phenoxy) is 1. The maximum Gasteiger partial charge on any atom is 0.243 e. The summed E-state index contributed by atoms with van der Waals surface area (Å²) in [5, 5.41) is 12.2. The number of carbonyl (C=O) groups excluding carboxylic acids is 1. The number of carbonyl (C=O) groups is 1. The van der Waals surface area contributed by atoms with E-state index in [-0.39, 0.29) is 23.8 Å². The minimum atomic E-state index is -3.47. The summed E-state index contributed by atoms with van der Waals surface area (Å²) in [7, 11) is -3.47. The SMILES string of the molecule is CC(C)NC(=O)CSc1nnc(-c2ccc(S(=O)(=O)N3CCCC3)cc2)n1C[C@@H]1CCCO1. The Labute approximate surface area is 199 Å². The lowest BCUT2D eigenvalue weighted by Crippen LogP contribution is -2.31. The first-order valence-electron chi connectivity index (χ1n) is 11.4. The Kier molecular flexibility index (Phi) is 7.72. The van der Waals surface area contributed by atoms with Crippen LogP contribution in [0.15, 0.2) is 34.3 Å². The first-order chi connectivity index (χ1) is 15.8. The monoisotopic (exact) mass is 493 g/mol. The Morgan fingerprint density at radius 1 is 1.18 bits per heavy atom. The van der Waals surface area contributed by atoms with Crippen molar-refractivity contribution in [1.29, 1.82) is 0 Å². The summed E-state index contributed by atoms with van der Waals surface area (Å²) in [5.41, 5.74) is 0.777. The molecule has 2 saturated heterocycles. The Hall–Kier alpha value is -1.95. The molecule has 0 unspecified atom stereocenters. The first-order valence-corrected chi connectivity index (χ1v) is 13.8. The molecule has 0 radical (unpaired) electrons. The van der Waals surface area contributed by atoms with Gasteiger partial charge in [-0.1, -0.05) is 11.8 Å². The summed E-state index contributed by atoms with van der Waals surface area (Å²) in [6, 6.07) is 6.90. The highest BCUT2D eigenvalue weighted by Crippen LogP contribution is 2.28. The van der Waals surface area contributed by atoms with E-state index in [0.29, 0.717) is 35.5 Å². The van der Waals surface area contributed by atoms with Crippen LogP contribution in [0.25, 0.3) is 11.4 Å². The topological polar surface area (TPSA) is 106 Å². The molecule has 33 heavy (non-hydrogen) atoms. The van der Waals surface area contributed by atoms with Gasteiger partial charge < -0.3 is 10.1 Å². The molecular formula is C22H31N5O4S2. The molecular weight excluding hydrogens is 462 g/mol. The lowest BCUT2D eigenvalue weighted by molar-refractivity contribution is -0.119. The van der Waals surface area contributed by atoms with E-state index in [1.54, 1.807) is 28.6 Å². The highest BCUT2D eigenvalue weighted by Gasteiger charge is 2.27. The van der Waals surface area contributed by atoms with Gasteiger partial charge in [0.05, 0.1) is 23.3 Å². The molecule has 2 aliphatic heterocycles. The molecule has 11 heteroatoms. The van der Waals surface area contributed by atoms with Crippen molar-refractivity contribution < 1.29 is 17.9 Å². The summed E-state index contributed by atoms with van der Waals surface area (Å²) in [5.74, 6) is 0.830. The van der Waals surface area contributed by atoms with E-state index in [1.807, 2.05) is 18.4 Å². The van der Waals surface area contributed by atoms with Crippen molar-refractivity contribution >= 4 is 27.7 Å². The molecule has 2 aliphatic rings. The number of amides is 1. The number of nitrogens with zero attached hydrogens (tertiary/aromatic N) is 4. The highest BCUT2D eigenvalue weighted by molar-refractivity contribution is 7.99. The first kappa shape index (κ1) is 24.2. The summed E-state index contributed by atoms with van der Waals surface area (Å²) in [6.45, 7) is 6.33. The van der Waals surface area contributed by atoms with Gasteiger partial charge in [-0.15, -0.1) is 10.2 Å². The van der Waals surface area contributed by atoms with Gasteiger partial charge in [-0.05, 0) is 63.8 Å². The van der Waals surface area contributed by atoms with Gasteiger partial charge in [-0.3, -0.25) is 9.36 Å². The Bertz CT molecular complexity index is 1060. The molecule has 180 valence electrons. The molecule has 0 aliphatic carbocycles. The quantitative estimate of drug-likeness (QED) is 0.535. The molecule has 0 bridgehead atoms. The van der Waals surface area contributed by atoms with Crippen LogP contribution in [0.5, 0.6) is 0 Å². The largest absolute Gasteiger partial charge is 0.376 e. The third-order valence-corrected chi connectivity index (χ3v) is 8.60. The fourth-order valence-electron chi connectivity index (χ4n) is 4.11. The molecule has 3 heterocycles. The number of nitrogens with one attached hydrogen (secondary N) is 1. The Balaban J connectivity index is 1.56. The van der Waals surface area contributed by atoms with Crippen molar-refractivity contribution in [2.24, 2.45) is 0 Å². The minimum Gasteiger partial charge on any atom is -0.376 e. The van der Waals surface area contributed by atoms with E-state index in [9.17, 15) is 13.2 Å². The predicted molar refractivity (Wildman–Crippen MR) is 126 cm³/mol. The molecule has 1 amide bonds. The van der Waals surface area contributed by atoms with Crippen LogP contribution >= 0.6 is 11.8 Å². The van der Waals surface area contributed by atoms with Gasteiger partial charge in [-0.25, -0.2) is 8.42 Å². The normalized spacial score (nSPS) is 19.4. The van der Waals surface area contributed by atoms with Crippen molar-refractivity contribution in [2.45, 2.75) is 68.3 Å². The molecule has 2 aromatic rings. The van der Waals surface area contributed by atoms with E-state index >= 15 is 0 Å². The Morgan fingerprint density at radius 3 is 2.55 bits per heavy atom. The van der Waals surface area contributed by atoms with Gasteiger partial charge in [0, 0.05) is 31.3 Å². The molecule has 1 aromatic heterocycles. The summed E-state index contributed by atoms with van der Waals surface area (Å²) in [4.78, 5) is 12.4. The number of sulfonamides is 1. The lowest BCUT2D eigenvalue weighted by Gasteiger charge is -2.16. The van der Waals surface area contributed by atoms with Crippen molar-refractivity contribution in [3.05, 3.63) is 24.3 Å². The molecule has 1 aromatic carbocycles. The zero-order valence-electron chi connectivity index (χ0n) is 19.1. The summed E-state index contributed by atoms with van der Waals surface area (Å²) in [6.07, 6.45) is 3.85. The van der Waals surface area contributed by atoms with E-state index in [2.05, 4.69) is 15.5 Å².